The summed E-state index contributed by atoms with van der Waals surface area (Å²) in [5, 5.41) is 11.8. The highest BCUT2D eigenvalue weighted by molar-refractivity contribution is 7.89. The van der Waals surface area contributed by atoms with E-state index >= 15 is 0 Å². The first kappa shape index (κ1) is 18.8. The summed E-state index contributed by atoms with van der Waals surface area (Å²) in [6.45, 7) is 3.94. The van der Waals surface area contributed by atoms with Crippen LogP contribution in [0.1, 0.15) is 35.1 Å². The van der Waals surface area contributed by atoms with Gasteiger partial charge in [-0.1, -0.05) is 36.8 Å². The first-order valence-electron chi connectivity index (χ1n) is 6.99. The Morgan fingerprint density at radius 3 is 2.50 bits per heavy atom. The summed E-state index contributed by atoms with van der Waals surface area (Å²) in [6.07, 6.45) is 0. The second-order valence-corrected chi connectivity index (χ2v) is 9.05. The van der Waals surface area contributed by atoms with Crippen LogP contribution < -0.4 is 5.32 Å². The van der Waals surface area contributed by atoms with Crippen molar-refractivity contribution in [2.24, 2.45) is 0 Å². The third kappa shape index (κ3) is 3.92. The fourth-order valence-electron chi connectivity index (χ4n) is 1.73. The van der Waals surface area contributed by atoms with Crippen molar-refractivity contribution in [2.75, 3.05) is 19.4 Å². The van der Waals surface area contributed by atoms with Crippen molar-refractivity contribution in [1.82, 2.24) is 14.5 Å². The van der Waals surface area contributed by atoms with Gasteiger partial charge in [-0.05, 0) is 18.2 Å². The van der Waals surface area contributed by atoms with Crippen molar-refractivity contribution in [3.05, 3.63) is 33.8 Å². The Balaban J connectivity index is 2.32. The van der Waals surface area contributed by atoms with Gasteiger partial charge in [0.25, 0.3) is 5.91 Å². The fraction of sp³-hybridized carbons (Fsp3) is 0.357. The summed E-state index contributed by atoms with van der Waals surface area (Å²) in [5.74, 6) is -0.340. The van der Waals surface area contributed by atoms with Crippen molar-refractivity contribution < 1.29 is 13.2 Å². The number of amides is 1. The van der Waals surface area contributed by atoms with E-state index in [-0.39, 0.29) is 21.4 Å². The first-order valence-corrected chi connectivity index (χ1v) is 9.63. The van der Waals surface area contributed by atoms with Crippen LogP contribution in [0.4, 0.5) is 5.13 Å². The molecule has 10 heteroatoms. The minimum Gasteiger partial charge on any atom is -0.296 e. The standard InChI is InChI=1S/C14H17ClN4O3S2/c1-8(2)13-17-18-14(23-13)16-12(20)10-7-9(5-6-11(10)15)24(21,22)19(3)4/h5-8H,1-4H3,(H,16,18,20). The molecule has 1 aromatic heterocycles. The van der Waals surface area contributed by atoms with E-state index in [1.165, 1.54) is 43.6 Å². The van der Waals surface area contributed by atoms with Crippen LogP contribution in [0, 0.1) is 0 Å². The van der Waals surface area contributed by atoms with Crippen LogP contribution in [0.5, 0.6) is 0 Å². The van der Waals surface area contributed by atoms with Gasteiger partial charge < -0.3 is 0 Å². The molecule has 1 aromatic carbocycles. The molecule has 0 unspecified atom stereocenters. The highest BCUT2D eigenvalue weighted by Gasteiger charge is 2.21. The summed E-state index contributed by atoms with van der Waals surface area (Å²) in [6, 6.07) is 3.99. The second-order valence-electron chi connectivity index (χ2n) is 5.48. The average Bonchev–Trinajstić information content (AvgIpc) is 2.95. The number of carbonyl (C=O) groups excluding carboxylic acids is 1. The molecule has 0 bridgehead atoms. The van der Waals surface area contributed by atoms with Crippen molar-refractivity contribution in [3.8, 4) is 0 Å². The minimum absolute atomic E-state index is 0.0119. The van der Waals surface area contributed by atoms with Gasteiger partial charge in [-0.3, -0.25) is 10.1 Å². The topological polar surface area (TPSA) is 92.3 Å². The monoisotopic (exact) mass is 388 g/mol. The van der Waals surface area contributed by atoms with Crippen molar-refractivity contribution in [1.29, 1.82) is 0 Å². The number of halogens is 1. The van der Waals surface area contributed by atoms with Gasteiger partial charge in [-0.2, -0.15) is 0 Å². The normalized spacial score (nSPS) is 12.0. The van der Waals surface area contributed by atoms with Crippen LogP contribution in [-0.2, 0) is 10.0 Å². The Morgan fingerprint density at radius 2 is 1.96 bits per heavy atom. The lowest BCUT2D eigenvalue weighted by Gasteiger charge is -2.12. The molecule has 7 nitrogen and oxygen atoms in total. The molecule has 24 heavy (non-hydrogen) atoms. The number of nitrogens with zero attached hydrogens (tertiary/aromatic N) is 3. The average molecular weight is 389 g/mol. The van der Waals surface area contributed by atoms with E-state index in [2.05, 4.69) is 15.5 Å². The lowest BCUT2D eigenvalue weighted by Crippen LogP contribution is -2.23. The summed E-state index contributed by atoms with van der Waals surface area (Å²) < 4.78 is 25.4. The van der Waals surface area contributed by atoms with Crippen LogP contribution in [0.2, 0.25) is 5.02 Å². The Morgan fingerprint density at radius 1 is 1.29 bits per heavy atom. The molecule has 0 radical (unpaired) electrons. The molecule has 130 valence electrons. The zero-order valence-electron chi connectivity index (χ0n) is 13.6. The number of benzene rings is 1. The third-order valence-electron chi connectivity index (χ3n) is 3.12. The predicted molar refractivity (Wildman–Crippen MR) is 94.3 cm³/mol. The maximum absolute atomic E-state index is 12.4. The number of anilines is 1. The molecule has 2 aromatic rings. The van der Waals surface area contributed by atoms with Crippen LogP contribution in [0.3, 0.4) is 0 Å². The number of sulfonamides is 1. The van der Waals surface area contributed by atoms with Gasteiger partial charge in [0.1, 0.15) is 5.01 Å². The number of nitrogens with one attached hydrogen (secondary N) is 1. The molecular weight excluding hydrogens is 372 g/mol. The molecule has 0 saturated carbocycles. The molecule has 1 heterocycles. The van der Waals surface area contributed by atoms with Crippen LogP contribution in [0.15, 0.2) is 23.1 Å². The Hall–Kier alpha value is -1.55. The molecule has 2 rings (SSSR count). The van der Waals surface area contributed by atoms with E-state index in [4.69, 9.17) is 11.6 Å². The SMILES string of the molecule is CC(C)c1nnc(NC(=O)c2cc(S(=O)(=O)N(C)C)ccc2Cl)s1. The van der Waals surface area contributed by atoms with Gasteiger partial charge in [0.05, 0.1) is 15.5 Å². The molecular formula is C14H17ClN4O3S2. The first-order chi connectivity index (χ1) is 11.1. The zero-order chi connectivity index (χ0) is 18.1. The van der Waals surface area contributed by atoms with E-state index in [9.17, 15) is 13.2 Å². The molecule has 0 spiro atoms. The van der Waals surface area contributed by atoms with Crippen molar-refractivity contribution >= 4 is 44.0 Å². The van der Waals surface area contributed by atoms with Gasteiger partial charge in [0.2, 0.25) is 15.2 Å². The number of rotatable bonds is 5. The molecule has 0 aliphatic rings. The highest BCUT2D eigenvalue weighted by atomic mass is 35.5. The smallest absolute Gasteiger partial charge is 0.259 e. The number of hydrogen-bond acceptors (Lipinski definition) is 6. The summed E-state index contributed by atoms with van der Waals surface area (Å²) >= 11 is 7.30. The van der Waals surface area contributed by atoms with E-state index in [0.717, 1.165) is 9.31 Å². The van der Waals surface area contributed by atoms with Gasteiger partial charge in [0, 0.05) is 20.0 Å². The predicted octanol–water partition coefficient (Wildman–Crippen LogP) is 2.82. The summed E-state index contributed by atoms with van der Waals surface area (Å²) in [4.78, 5) is 12.4. The van der Waals surface area contributed by atoms with E-state index in [1.807, 2.05) is 13.8 Å². The zero-order valence-corrected chi connectivity index (χ0v) is 16.0. The molecule has 0 aliphatic carbocycles. The van der Waals surface area contributed by atoms with Gasteiger partial charge in [-0.25, -0.2) is 12.7 Å². The van der Waals surface area contributed by atoms with Crippen molar-refractivity contribution in [3.63, 3.8) is 0 Å². The molecule has 0 fully saturated rings. The Kier molecular flexibility index (Phi) is 5.59. The Labute approximate surface area is 149 Å². The fourth-order valence-corrected chi connectivity index (χ4v) is 3.61. The van der Waals surface area contributed by atoms with Crippen LogP contribution in [0.25, 0.3) is 0 Å². The van der Waals surface area contributed by atoms with Crippen LogP contribution in [-0.4, -0.2) is 42.9 Å². The van der Waals surface area contributed by atoms with E-state index in [1.54, 1.807) is 0 Å². The van der Waals surface area contributed by atoms with Gasteiger partial charge >= 0.3 is 0 Å². The summed E-state index contributed by atoms with van der Waals surface area (Å²) in [7, 11) is -0.830. The lowest BCUT2D eigenvalue weighted by atomic mass is 10.2. The molecule has 1 amide bonds. The van der Waals surface area contributed by atoms with Gasteiger partial charge in [0.15, 0.2) is 0 Å². The van der Waals surface area contributed by atoms with E-state index < -0.39 is 15.9 Å². The Bertz CT molecular complexity index is 863. The molecule has 0 saturated heterocycles. The molecule has 0 atom stereocenters. The van der Waals surface area contributed by atoms with E-state index in [0.29, 0.717) is 5.13 Å². The number of carbonyl (C=O) groups is 1. The maximum atomic E-state index is 12.4. The quantitative estimate of drug-likeness (QED) is 0.850. The number of aromatic nitrogens is 2. The lowest BCUT2D eigenvalue weighted by molar-refractivity contribution is 0.102. The molecule has 1 N–H and O–H groups in total. The minimum atomic E-state index is -3.66. The third-order valence-corrected chi connectivity index (χ3v) is 6.40. The highest BCUT2D eigenvalue weighted by Crippen LogP contribution is 2.25. The van der Waals surface area contributed by atoms with Crippen molar-refractivity contribution in [2.45, 2.75) is 24.7 Å². The second kappa shape index (κ2) is 7.14. The molecule has 0 aliphatic heterocycles. The van der Waals surface area contributed by atoms with Gasteiger partial charge in [-0.15, -0.1) is 10.2 Å². The number of hydrogen-bond donors (Lipinski definition) is 1. The maximum Gasteiger partial charge on any atom is 0.259 e. The summed E-state index contributed by atoms with van der Waals surface area (Å²) in [5.41, 5.74) is 0.0564. The largest absolute Gasteiger partial charge is 0.296 e. The van der Waals surface area contributed by atoms with Crippen LogP contribution >= 0.6 is 22.9 Å².